The molecule has 21 heteroatoms. The molecule has 0 aromatic carbocycles. The van der Waals surface area contributed by atoms with Gasteiger partial charge in [-0.1, -0.05) is 104 Å². The van der Waals surface area contributed by atoms with E-state index < -0.39 is 52.9 Å². The highest BCUT2D eigenvalue weighted by Crippen LogP contribution is 2.60. The lowest BCUT2D eigenvalue weighted by molar-refractivity contribution is -0.168. The second-order valence-electron chi connectivity index (χ2n) is 14.1. The van der Waals surface area contributed by atoms with Gasteiger partial charge in [-0.15, -0.1) is 4.73 Å². The van der Waals surface area contributed by atoms with E-state index >= 15 is 0 Å². The highest BCUT2D eigenvalue weighted by atomic mass is 32.2. The average Bonchev–Trinajstić information content (AvgIpc) is 3.66. The van der Waals surface area contributed by atoms with Gasteiger partial charge in [-0.25, -0.2) is 14.1 Å². The third-order valence-electron chi connectivity index (χ3n) is 9.38. The molecule has 2 aromatic rings. The molecule has 17 nitrogen and oxygen atoms in total. The predicted octanol–water partition coefficient (Wildman–Crippen LogP) is 6.85. The number of hydrogen-bond donors (Lipinski definition) is 5. The molecule has 0 aliphatic carbocycles. The number of halogens is 1. The Morgan fingerprint density at radius 2 is 1.48 bits per heavy atom. The molecule has 0 bridgehead atoms. The number of fused-ring (bicyclic) bond motifs is 1. The number of aliphatic hydroxyl groups excluding tert-OH is 2. The molecule has 4 unspecified atom stereocenters. The Morgan fingerprint density at radius 1 is 0.875 bits per heavy atom. The summed E-state index contributed by atoms with van der Waals surface area (Å²) in [5, 5.41) is 21.1. The zero-order valence-electron chi connectivity index (χ0n) is 33.0. The smallest absolute Gasteiger partial charge is 0.387 e. The summed E-state index contributed by atoms with van der Waals surface area (Å²) in [6.07, 6.45) is 13.6. The molecule has 1 aliphatic rings. The molecule has 1 aliphatic heterocycles. The van der Waals surface area contributed by atoms with Crippen molar-refractivity contribution in [1.29, 1.82) is 0 Å². The lowest BCUT2D eigenvalue weighted by atomic mass is 10.1. The molecule has 0 spiro atoms. The highest BCUT2D eigenvalue weighted by Gasteiger charge is 2.47. The third kappa shape index (κ3) is 17.8. The maximum atomic E-state index is 13.7. The minimum atomic E-state index is -5.24. The maximum absolute atomic E-state index is 13.7. The molecule has 0 amide bonds. The fraction of sp³-hybridized carbons (Fsp3) is 0.857. The van der Waals surface area contributed by atoms with Gasteiger partial charge < -0.3 is 40.0 Å². The molecule has 0 saturated carbocycles. The van der Waals surface area contributed by atoms with Gasteiger partial charge >= 0.3 is 21.7 Å². The summed E-state index contributed by atoms with van der Waals surface area (Å²) < 4.78 is 65.0. The topological polar surface area (TPSA) is 240 Å². The summed E-state index contributed by atoms with van der Waals surface area (Å²) in [5.74, 6) is 0.816. The summed E-state index contributed by atoms with van der Waals surface area (Å²) >= 11 is 1.96. The second kappa shape index (κ2) is 25.9. The predicted molar refractivity (Wildman–Crippen MR) is 211 cm³/mol. The van der Waals surface area contributed by atoms with Crippen molar-refractivity contribution in [2.24, 2.45) is 0 Å². The van der Waals surface area contributed by atoms with Crippen LogP contribution in [0.3, 0.4) is 0 Å². The van der Waals surface area contributed by atoms with Crippen LogP contribution in [0, 0.1) is 6.08 Å². The fourth-order valence-corrected chi connectivity index (χ4v) is 9.66. The van der Waals surface area contributed by atoms with E-state index in [9.17, 15) is 33.5 Å². The molecule has 3 rings (SSSR count). The number of aromatic nitrogens is 4. The first-order valence-corrected chi connectivity index (χ1v) is 24.0. The Morgan fingerprint density at radius 3 is 2.14 bits per heavy atom. The van der Waals surface area contributed by atoms with Crippen LogP contribution in [0.15, 0.2) is 6.33 Å². The lowest BCUT2D eigenvalue weighted by Gasteiger charge is -2.24. The first kappa shape index (κ1) is 48.9. The zero-order valence-corrected chi connectivity index (χ0v) is 35.6. The van der Waals surface area contributed by atoms with E-state index in [4.69, 9.17) is 29.1 Å². The Hall–Kier alpha value is -1.47. The molecule has 6 N–H and O–H groups in total. The molecule has 2 aromatic heterocycles. The molecule has 56 heavy (non-hydrogen) atoms. The normalized spacial score (nSPS) is 21.9. The van der Waals surface area contributed by atoms with Crippen LogP contribution in [0.4, 0.5) is 10.2 Å². The van der Waals surface area contributed by atoms with E-state index in [1.807, 2.05) is 18.7 Å². The van der Waals surface area contributed by atoms with Gasteiger partial charge in [0.2, 0.25) is 5.65 Å². The van der Waals surface area contributed by atoms with Crippen molar-refractivity contribution in [2.75, 3.05) is 31.3 Å². The number of phosphoric acid groups is 2. The number of thioether (sulfide) groups is 1. The van der Waals surface area contributed by atoms with Crippen LogP contribution in [0.25, 0.3) is 11.2 Å². The SMILES string of the molecule is CCCCCCCCCCCCSC(CCCCCCC)C(C)OCCCOP(=O)(O)OP(=O)(O)OC[C@H]1O[C@@H](On2cnc3c(N)nc(F)nc32)[C@@H](O)[C@@H]1O. The average molecular weight is 860 g/mol. The van der Waals surface area contributed by atoms with Gasteiger partial charge in [-0.2, -0.15) is 30.4 Å². The molecule has 3 heterocycles. The van der Waals surface area contributed by atoms with Gasteiger partial charge in [0.15, 0.2) is 11.3 Å². The lowest BCUT2D eigenvalue weighted by Crippen LogP contribution is -2.38. The number of ether oxygens (including phenoxy) is 2. The van der Waals surface area contributed by atoms with Crippen molar-refractivity contribution in [2.45, 2.75) is 166 Å². The van der Waals surface area contributed by atoms with Crippen LogP contribution >= 0.6 is 27.4 Å². The number of nitrogen functional groups attached to an aromatic ring is 1. The Kier molecular flexibility index (Phi) is 22.6. The van der Waals surface area contributed by atoms with E-state index in [0.29, 0.717) is 5.25 Å². The number of aliphatic hydroxyl groups is 2. The van der Waals surface area contributed by atoms with Gasteiger partial charge in [0.05, 0.1) is 19.3 Å². The van der Waals surface area contributed by atoms with Crippen molar-refractivity contribution < 1.29 is 61.2 Å². The molecular formula is C35H64FN5O12P2S. The number of nitrogens with zero attached hydrogens (tertiary/aromatic N) is 4. The minimum absolute atomic E-state index is 0.00307. The number of nitrogens with two attached hydrogens (primary N) is 1. The number of anilines is 1. The summed E-state index contributed by atoms with van der Waals surface area (Å²) in [5.41, 5.74) is 5.42. The molecule has 324 valence electrons. The van der Waals surface area contributed by atoms with Crippen molar-refractivity contribution in [3.05, 3.63) is 12.4 Å². The third-order valence-corrected chi connectivity index (χ3v) is 13.6. The first-order chi connectivity index (χ1) is 26.8. The second-order valence-corrected chi connectivity index (χ2v) is 18.5. The summed E-state index contributed by atoms with van der Waals surface area (Å²) in [6, 6.07) is 0. The van der Waals surface area contributed by atoms with E-state index in [-0.39, 0.29) is 42.7 Å². The zero-order chi connectivity index (χ0) is 41.0. The van der Waals surface area contributed by atoms with Crippen molar-refractivity contribution in [3.63, 3.8) is 0 Å². The summed E-state index contributed by atoms with van der Waals surface area (Å²) in [6.45, 7) is 5.56. The number of unbranched alkanes of at least 4 members (excludes halogenated alkanes) is 13. The summed E-state index contributed by atoms with van der Waals surface area (Å²) in [4.78, 5) is 36.4. The molecule has 8 atom stereocenters. The van der Waals surface area contributed by atoms with Gasteiger partial charge in [0, 0.05) is 11.9 Å². The molecular weight excluding hydrogens is 795 g/mol. The number of imidazole rings is 1. The highest BCUT2D eigenvalue weighted by molar-refractivity contribution is 7.99. The van der Waals surface area contributed by atoms with Crippen molar-refractivity contribution in [1.82, 2.24) is 19.7 Å². The molecule has 1 fully saturated rings. The Labute approximate surface area is 334 Å². The van der Waals surface area contributed by atoms with Crippen molar-refractivity contribution >= 4 is 44.4 Å². The largest absolute Gasteiger partial charge is 0.481 e. The van der Waals surface area contributed by atoms with E-state index in [1.165, 1.54) is 89.9 Å². The van der Waals surface area contributed by atoms with Crippen LogP contribution < -0.4 is 10.6 Å². The van der Waals surface area contributed by atoms with Crippen LogP contribution in [-0.4, -0.2) is 101 Å². The Bertz CT molecular complexity index is 1500. The van der Waals surface area contributed by atoms with Crippen LogP contribution in [0.5, 0.6) is 0 Å². The van der Waals surface area contributed by atoms with Gasteiger partial charge in [-0.05, 0) is 31.9 Å². The summed E-state index contributed by atoms with van der Waals surface area (Å²) in [7, 11) is -10.3. The van der Waals surface area contributed by atoms with E-state index in [0.717, 1.165) is 29.7 Å². The Balaban J connectivity index is 1.35. The van der Waals surface area contributed by atoms with Crippen molar-refractivity contribution in [3.8, 4) is 0 Å². The maximum Gasteiger partial charge on any atom is 0.481 e. The minimum Gasteiger partial charge on any atom is -0.387 e. The monoisotopic (exact) mass is 859 g/mol. The fourth-order valence-electron chi connectivity index (χ4n) is 6.19. The molecule has 1 saturated heterocycles. The first-order valence-electron chi connectivity index (χ1n) is 20.0. The number of hydrogen-bond acceptors (Lipinski definition) is 15. The van der Waals surface area contributed by atoms with Gasteiger partial charge in [-0.3, -0.25) is 9.05 Å². The van der Waals surface area contributed by atoms with Crippen LogP contribution in [-0.2, 0) is 32.0 Å². The van der Waals surface area contributed by atoms with Crippen LogP contribution in [0.2, 0.25) is 0 Å². The van der Waals surface area contributed by atoms with Crippen LogP contribution in [0.1, 0.15) is 130 Å². The number of phosphoric ester groups is 2. The van der Waals surface area contributed by atoms with E-state index in [1.54, 1.807) is 0 Å². The van der Waals surface area contributed by atoms with Gasteiger partial charge in [0.25, 0.3) is 6.29 Å². The molecule has 0 radical (unpaired) electrons. The van der Waals surface area contributed by atoms with Gasteiger partial charge in [0.1, 0.15) is 24.6 Å². The quantitative estimate of drug-likeness (QED) is 0.0287. The number of rotatable bonds is 32. The van der Waals surface area contributed by atoms with E-state index in [2.05, 4.69) is 33.1 Å². The standard InChI is InChI=1S/C35H64FN5O12P2S/c1-4-6-8-10-11-12-13-14-16-18-23-56-28(20-17-15-9-7-5-2)26(3)48-21-19-22-49-54(44,45)53-55(46,47)50-24-27-30(42)31(43)34(51-27)52-41-25-38-29-32(37)39-35(36)40-33(29)41/h25-28,30-31,34,42-43H,4-24H2,1-3H3,(H,44,45)(H,46,47)(H2,37,39,40)/t26?,27-,28?,30-,31+,34+/m1/s1.